The third-order valence-electron chi connectivity index (χ3n) is 4.52. The van der Waals surface area contributed by atoms with Gasteiger partial charge in [0.1, 0.15) is 11.9 Å². The van der Waals surface area contributed by atoms with E-state index in [-0.39, 0.29) is 0 Å². The normalized spacial score (nSPS) is 17.3. The van der Waals surface area contributed by atoms with Crippen LogP contribution in [0.1, 0.15) is 30.0 Å². The molecule has 3 rings (SSSR count). The Labute approximate surface area is 152 Å². The highest BCUT2D eigenvalue weighted by atomic mass is 32.2. The third kappa shape index (κ3) is 4.52. The fraction of sp³-hybridized carbons (Fsp3) is 0.368. The van der Waals surface area contributed by atoms with Gasteiger partial charge in [-0.1, -0.05) is 23.8 Å². The molecule has 1 atom stereocenters. The number of likely N-dealkylation sites (tertiary alicyclic amines) is 1. The number of aliphatic carboxylic acids is 1. The molecule has 1 aromatic heterocycles. The number of nitrogens with two attached hydrogens (primary N) is 1. The summed E-state index contributed by atoms with van der Waals surface area (Å²) in [5.41, 5.74) is 7.56. The van der Waals surface area contributed by atoms with Gasteiger partial charge in [0.05, 0.1) is 0 Å². The van der Waals surface area contributed by atoms with Gasteiger partial charge in [-0.15, -0.1) is 11.8 Å². The molecule has 2 aromatic rings. The molecule has 0 bridgehead atoms. The summed E-state index contributed by atoms with van der Waals surface area (Å²) in [4.78, 5) is 19.1. The zero-order valence-electron chi connectivity index (χ0n) is 14.3. The Morgan fingerprint density at radius 2 is 1.92 bits per heavy atom. The molecular formula is C19H23N3O2S. The molecule has 3 N–H and O–H groups in total. The predicted molar refractivity (Wildman–Crippen MR) is 101 cm³/mol. The van der Waals surface area contributed by atoms with Crippen LogP contribution < -0.4 is 5.73 Å². The second kappa shape index (κ2) is 7.89. The van der Waals surface area contributed by atoms with Crippen molar-refractivity contribution in [3.63, 3.8) is 0 Å². The molecule has 1 aliphatic heterocycles. The SMILES string of the molecule is Cc1ccc(SC2CCN([C@@H](C(=O)O)c3ccc(N)nc3)CC2)cc1. The fourth-order valence-electron chi connectivity index (χ4n) is 3.15. The molecule has 6 heteroatoms. The molecule has 0 spiro atoms. The van der Waals surface area contributed by atoms with Crippen LogP contribution >= 0.6 is 11.8 Å². The Morgan fingerprint density at radius 3 is 2.48 bits per heavy atom. The number of rotatable bonds is 5. The average Bonchev–Trinajstić information content (AvgIpc) is 2.60. The van der Waals surface area contributed by atoms with Crippen molar-refractivity contribution < 1.29 is 9.90 Å². The predicted octanol–water partition coefficient (Wildman–Crippen LogP) is 3.35. The smallest absolute Gasteiger partial charge is 0.325 e. The maximum atomic E-state index is 11.8. The van der Waals surface area contributed by atoms with Crippen LogP contribution in [0.25, 0.3) is 0 Å². The zero-order chi connectivity index (χ0) is 17.8. The van der Waals surface area contributed by atoms with Crippen LogP contribution in [0.15, 0.2) is 47.5 Å². The number of hydrogen-bond donors (Lipinski definition) is 2. The van der Waals surface area contributed by atoms with Gasteiger partial charge in [-0.25, -0.2) is 4.98 Å². The molecule has 1 fully saturated rings. The zero-order valence-corrected chi connectivity index (χ0v) is 15.1. The number of nitrogens with zero attached hydrogens (tertiary/aromatic N) is 2. The Hall–Kier alpha value is -2.05. The second-order valence-electron chi connectivity index (χ2n) is 6.42. The number of aromatic nitrogens is 1. The molecule has 0 aliphatic carbocycles. The molecule has 0 amide bonds. The number of pyridine rings is 1. The molecule has 5 nitrogen and oxygen atoms in total. The number of benzene rings is 1. The topological polar surface area (TPSA) is 79.5 Å². The van der Waals surface area contributed by atoms with E-state index >= 15 is 0 Å². The summed E-state index contributed by atoms with van der Waals surface area (Å²) in [5, 5.41) is 10.2. The minimum atomic E-state index is -0.837. The minimum Gasteiger partial charge on any atom is -0.480 e. The van der Waals surface area contributed by atoms with E-state index in [1.807, 2.05) is 16.7 Å². The van der Waals surface area contributed by atoms with Gasteiger partial charge >= 0.3 is 5.97 Å². The number of carbonyl (C=O) groups is 1. The van der Waals surface area contributed by atoms with Crippen LogP contribution in [0.5, 0.6) is 0 Å². The van der Waals surface area contributed by atoms with Crippen LogP contribution in [0.2, 0.25) is 0 Å². The Bertz CT molecular complexity index is 710. The summed E-state index contributed by atoms with van der Waals surface area (Å²) in [7, 11) is 0. The number of nitrogen functional groups attached to an aromatic ring is 1. The van der Waals surface area contributed by atoms with Gasteiger partial charge in [0.25, 0.3) is 0 Å². The number of carboxylic acid groups (broad SMARTS) is 1. The van der Waals surface area contributed by atoms with Crippen molar-refractivity contribution in [1.29, 1.82) is 0 Å². The summed E-state index contributed by atoms with van der Waals surface area (Å²) in [6.07, 6.45) is 3.52. The molecule has 0 unspecified atom stereocenters. The van der Waals surface area contributed by atoms with Crippen molar-refractivity contribution in [2.45, 2.75) is 36.0 Å². The van der Waals surface area contributed by atoms with E-state index in [4.69, 9.17) is 5.73 Å². The van der Waals surface area contributed by atoms with Crippen molar-refractivity contribution in [2.24, 2.45) is 0 Å². The van der Waals surface area contributed by atoms with Gasteiger partial charge in [0.2, 0.25) is 0 Å². The number of piperidine rings is 1. The molecule has 2 heterocycles. The van der Waals surface area contributed by atoms with Gasteiger partial charge in [0, 0.05) is 29.4 Å². The maximum Gasteiger partial charge on any atom is 0.325 e. The van der Waals surface area contributed by atoms with E-state index in [2.05, 4.69) is 36.2 Å². The molecule has 0 saturated carbocycles. The van der Waals surface area contributed by atoms with E-state index in [0.717, 1.165) is 25.9 Å². The lowest BCUT2D eigenvalue weighted by atomic mass is 10.0. The van der Waals surface area contributed by atoms with E-state index in [1.165, 1.54) is 10.5 Å². The van der Waals surface area contributed by atoms with Crippen LogP contribution in [-0.4, -0.2) is 39.3 Å². The molecule has 1 aromatic carbocycles. The largest absolute Gasteiger partial charge is 0.480 e. The van der Waals surface area contributed by atoms with E-state index in [9.17, 15) is 9.90 Å². The van der Waals surface area contributed by atoms with Crippen LogP contribution in [0, 0.1) is 6.92 Å². The number of aryl methyl sites for hydroxylation is 1. The standard InChI is InChI=1S/C19H23N3O2S/c1-13-2-5-15(6-3-13)25-16-8-10-22(11-9-16)18(19(23)24)14-4-7-17(20)21-12-14/h2-7,12,16,18H,8-11H2,1H3,(H2,20,21)(H,23,24)/t18-/m1/s1. The van der Waals surface area contributed by atoms with Crippen LogP contribution in [0.4, 0.5) is 5.82 Å². The lowest BCUT2D eigenvalue weighted by molar-refractivity contribution is -0.144. The lowest BCUT2D eigenvalue weighted by Crippen LogP contribution is -2.40. The first-order chi connectivity index (χ1) is 12.0. The van der Waals surface area contributed by atoms with Crippen molar-refractivity contribution >= 4 is 23.5 Å². The number of hydrogen-bond acceptors (Lipinski definition) is 5. The Kier molecular flexibility index (Phi) is 5.60. The molecule has 132 valence electrons. The minimum absolute atomic E-state index is 0.404. The van der Waals surface area contributed by atoms with Crippen LogP contribution in [-0.2, 0) is 4.79 Å². The molecule has 1 saturated heterocycles. The van der Waals surface area contributed by atoms with Crippen molar-refractivity contribution in [2.75, 3.05) is 18.8 Å². The average molecular weight is 357 g/mol. The number of carboxylic acids is 1. The highest BCUT2D eigenvalue weighted by Crippen LogP contribution is 2.33. The van der Waals surface area contributed by atoms with Gasteiger partial charge < -0.3 is 10.8 Å². The summed E-state index contributed by atoms with van der Waals surface area (Å²) in [6.45, 7) is 3.63. The molecule has 25 heavy (non-hydrogen) atoms. The monoisotopic (exact) mass is 357 g/mol. The van der Waals surface area contributed by atoms with Crippen LogP contribution in [0.3, 0.4) is 0 Å². The van der Waals surface area contributed by atoms with Gasteiger partial charge in [-0.05, 0) is 43.5 Å². The van der Waals surface area contributed by atoms with E-state index in [0.29, 0.717) is 16.6 Å². The number of anilines is 1. The first-order valence-corrected chi connectivity index (χ1v) is 9.32. The molecule has 1 aliphatic rings. The maximum absolute atomic E-state index is 11.8. The van der Waals surface area contributed by atoms with Gasteiger partial charge in [-0.2, -0.15) is 0 Å². The molecular weight excluding hydrogens is 334 g/mol. The van der Waals surface area contributed by atoms with Crippen molar-refractivity contribution in [1.82, 2.24) is 9.88 Å². The quantitative estimate of drug-likeness (QED) is 0.854. The van der Waals surface area contributed by atoms with E-state index in [1.54, 1.807) is 18.3 Å². The van der Waals surface area contributed by atoms with Gasteiger partial charge in [0.15, 0.2) is 0 Å². The van der Waals surface area contributed by atoms with E-state index < -0.39 is 12.0 Å². The molecule has 0 radical (unpaired) electrons. The Morgan fingerprint density at radius 1 is 1.24 bits per heavy atom. The second-order valence-corrected chi connectivity index (χ2v) is 7.80. The lowest BCUT2D eigenvalue weighted by Gasteiger charge is -2.35. The third-order valence-corrected chi connectivity index (χ3v) is 5.87. The number of thioether (sulfide) groups is 1. The summed E-state index contributed by atoms with van der Waals surface area (Å²) < 4.78 is 0. The first kappa shape index (κ1) is 17.8. The fourth-order valence-corrected chi connectivity index (χ4v) is 4.27. The highest BCUT2D eigenvalue weighted by molar-refractivity contribution is 8.00. The Balaban J connectivity index is 1.62. The first-order valence-electron chi connectivity index (χ1n) is 8.44. The van der Waals surface area contributed by atoms with Crippen molar-refractivity contribution in [3.05, 3.63) is 53.7 Å². The van der Waals surface area contributed by atoms with Crippen molar-refractivity contribution in [3.8, 4) is 0 Å². The summed E-state index contributed by atoms with van der Waals surface area (Å²) >= 11 is 1.89. The summed E-state index contributed by atoms with van der Waals surface area (Å²) in [6, 6.07) is 11.3. The summed E-state index contributed by atoms with van der Waals surface area (Å²) in [5.74, 6) is -0.433. The highest BCUT2D eigenvalue weighted by Gasteiger charge is 2.31. The van der Waals surface area contributed by atoms with Gasteiger partial charge in [-0.3, -0.25) is 9.69 Å².